The Hall–Kier alpha value is -3.05. The largest absolute Gasteiger partial charge is 0.368 e. The van der Waals surface area contributed by atoms with Crippen LogP contribution in [0.5, 0.6) is 0 Å². The van der Waals surface area contributed by atoms with Gasteiger partial charge in [-0.15, -0.1) is 0 Å². The van der Waals surface area contributed by atoms with E-state index >= 15 is 0 Å². The van der Waals surface area contributed by atoms with Crippen molar-refractivity contribution in [1.82, 2.24) is 15.0 Å². The van der Waals surface area contributed by atoms with Crippen molar-refractivity contribution in [2.45, 2.75) is 12.8 Å². The number of ketones is 1. The Kier molecular flexibility index (Phi) is 4.22. The first-order valence-electron chi connectivity index (χ1n) is 8.21. The summed E-state index contributed by atoms with van der Waals surface area (Å²) in [5.74, 6) is -0.0555. The minimum absolute atomic E-state index is 0.0424. The number of anilines is 1. The number of nitrogen functional groups attached to an aromatic ring is 1. The van der Waals surface area contributed by atoms with Crippen LogP contribution in [0.1, 0.15) is 22.5 Å². The van der Waals surface area contributed by atoms with E-state index in [4.69, 9.17) is 17.3 Å². The fourth-order valence-electron chi connectivity index (χ4n) is 3.08. The second kappa shape index (κ2) is 6.69. The normalized spacial score (nSPS) is 11.1. The van der Waals surface area contributed by atoms with Gasteiger partial charge in [-0.2, -0.15) is 0 Å². The molecule has 0 saturated carbocycles. The van der Waals surface area contributed by atoms with Crippen molar-refractivity contribution < 1.29 is 4.79 Å². The van der Waals surface area contributed by atoms with E-state index in [2.05, 4.69) is 15.0 Å². The number of pyridine rings is 1. The standard InChI is InChI=1S/C20H15ClN4O/c21-15-8-2-7-14-18(15)24-20(22)25-19(14)16(26)10-9-13-5-1-4-12-6-3-11-23-17(12)13/h1-8,11H,9-10H2,(H2,22,24,25). The van der Waals surface area contributed by atoms with E-state index in [0.717, 1.165) is 16.5 Å². The van der Waals surface area contributed by atoms with Gasteiger partial charge in [0.2, 0.25) is 5.95 Å². The van der Waals surface area contributed by atoms with E-state index in [9.17, 15) is 4.79 Å². The van der Waals surface area contributed by atoms with Crippen LogP contribution >= 0.6 is 11.6 Å². The Morgan fingerprint density at radius 1 is 1.00 bits per heavy atom. The number of nitrogens with zero attached hydrogens (tertiary/aromatic N) is 3. The van der Waals surface area contributed by atoms with E-state index in [1.807, 2.05) is 30.3 Å². The van der Waals surface area contributed by atoms with Crippen LogP contribution in [0.4, 0.5) is 5.95 Å². The third-order valence-electron chi connectivity index (χ3n) is 4.30. The molecular weight excluding hydrogens is 348 g/mol. The lowest BCUT2D eigenvalue weighted by molar-refractivity contribution is 0.0980. The summed E-state index contributed by atoms with van der Waals surface area (Å²) in [4.78, 5) is 25.6. The number of aromatic nitrogens is 3. The lowest BCUT2D eigenvalue weighted by atomic mass is 10.0. The number of fused-ring (bicyclic) bond motifs is 2. The van der Waals surface area contributed by atoms with E-state index in [1.54, 1.807) is 24.4 Å². The van der Waals surface area contributed by atoms with Crippen molar-refractivity contribution in [2.24, 2.45) is 0 Å². The fraction of sp³-hybridized carbons (Fsp3) is 0.100. The summed E-state index contributed by atoms with van der Waals surface area (Å²) in [7, 11) is 0. The quantitative estimate of drug-likeness (QED) is 0.549. The van der Waals surface area contributed by atoms with Crippen LogP contribution in [-0.4, -0.2) is 20.7 Å². The maximum absolute atomic E-state index is 12.8. The molecule has 0 spiro atoms. The average Bonchev–Trinajstić information content (AvgIpc) is 2.66. The molecule has 5 nitrogen and oxygen atoms in total. The van der Waals surface area contributed by atoms with Gasteiger partial charge in [0, 0.05) is 23.4 Å². The zero-order valence-electron chi connectivity index (χ0n) is 13.8. The summed E-state index contributed by atoms with van der Waals surface area (Å²) in [5.41, 5.74) is 8.52. The van der Waals surface area contributed by atoms with Crippen molar-refractivity contribution >= 4 is 45.1 Å². The molecule has 0 aliphatic rings. The molecule has 0 atom stereocenters. The zero-order chi connectivity index (χ0) is 18.1. The van der Waals surface area contributed by atoms with Crippen LogP contribution in [0, 0.1) is 0 Å². The van der Waals surface area contributed by atoms with Gasteiger partial charge in [-0.3, -0.25) is 9.78 Å². The number of carbonyl (C=O) groups is 1. The van der Waals surface area contributed by atoms with Gasteiger partial charge in [0.25, 0.3) is 0 Å². The maximum Gasteiger partial charge on any atom is 0.221 e. The van der Waals surface area contributed by atoms with Gasteiger partial charge < -0.3 is 5.73 Å². The SMILES string of the molecule is Nc1nc(C(=O)CCc2cccc3cccnc23)c2cccc(Cl)c2n1. The molecule has 2 aromatic carbocycles. The highest BCUT2D eigenvalue weighted by molar-refractivity contribution is 6.35. The summed E-state index contributed by atoms with van der Waals surface area (Å²) in [6.45, 7) is 0. The van der Waals surface area contributed by atoms with Gasteiger partial charge in [-0.25, -0.2) is 9.97 Å². The number of aryl methyl sites for hydroxylation is 1. The van der Waals surface area contributed by atoms with Gasteiger partial charge in [-0.05, 0) is 24.1 Å². The van der Waals surface area contributed by atoms with Crippen molar-refractivity contribution in [3.8, 4) is 0 Å². The third kappa shape index (κ3) is 2.97. The number of carbonyl (C=O) groups excluding carboxylic acids is 1. The monoisotopic (exact) mass is 362 g/mol. The Morgan fingerprint density at radius 2 is 1.81 bits per heavy atom. The van der Waals surface area contributed by atoms with E-state index in [1.165, 1.54) is 0 Å². The Bertz CT molecular complexity index is 1140. The van der Waals surface area contributed by atoms with Crippen LogP contribution in [-0.2, 0) is 6.42 Å². The second-order valence-electron chi connectivity index (χ2n) is 5.98. The van der Waals surface area contributed by atoms with Crippen LogP contribution in [0.3, 0.4) is 0 Å². The molecule has 0 bridgehead atoms. The number of Topliss-reactive ketones (excluding diaryl/α,β-unsaturated/α-hetero) is 1. The number of benzene rings is 2. The van der Waals surface area contributed by atoms with Crippen molar-refractivity contribution in [1.29, 1.82) is 0 Å². The molecule has 0 saturated heterocycles. The first kappa shape index (κ1) is 16.4. The Morgan fingerprint density at radius 3 is 2.69 bits per heavy atom. The van der Waals surface area contributed by atoms with E-state index < -0.39 is 0 Å². The summed E-state index contributed by atoms with van der Waals surface area (Å²) >= 11 is 6.18. The van der Waals surface area contributed by atoms with E-state index in [-0.39, 0.29) is 11.7 Å². The number of hydrogen-bond donors (Lipinski definition) is 1. The second-order valence-corrected chi connectivity index (χ2v) is 6.39. The van der Waals surface area contributed by atoms with Crippen LogP contribution in [0.2, 0.25) is 5.02 Å². The van der Waals surface area contributed by atoms with Crippen molar-refractivity contribution in [2.75, 3.05) is 5.73 Å². The van der Waals surface area contributed by atoms with Crippen LogP contribution < -0.4 is 5.73 Å². The molecule has 6 heteroatoms. The molecule has 0 aliphatic heterocycles. The summed E-state index contributed by atoms with van der Waals surface area (Å²) in [6.07, 6.45) is 2.63. The molecule has 2 N–H and O–H groups in total. The molecule has 4 aromatic rings. The molecule has 128 valence electrons. The molecule has 2 aromatic heterocycles. The smallest absolute Gasteiger partial charge is 0.221 e. The molecule has 2 heterocycles. The first-order chi connectivity index (χ1) is 12.6. The molecular formula is C20H15ClN4O. The lowest BCUT2D eigenvalue weighted by Gasteiger charge is -2.08. The molecule has 0 amide bonds. The van der Waals surface area contributed by atoms with E-state index in [0.29, 0.717) is 34.5 Å². The number of nitrogens with two attached hydrogens (primary N) is 1. The van der Waals surface area contributed by atoms with Gasteiger partial charge in [0.15, 0.2) is 5.78 Å². The summed E-state index contributed by atoms with van der Waals surface area (Å²) in [6, 6.07) is 15.2. The highest BCUT2D eigenvalue weighted by Gasteiger charge is 2.16. The molecule has 4 rings (SSSR count). The lowest BCUT2D eigenvalue weighted by Crippen LogP contribution is -2.09. The number of rotatable bonds is 4. The molecule has 0 radical (unpaired) electrons. The van der Waals surface area contributed by atoms with Gasteiger partial charge in [0.1, 0.15) is 5.69 Å². The van der Waals surface area contributed by atoms with Crippen molar-refractivity contribution in [3.05, 3.63) is 71.0 Å². The third-order valence-corrected chi connectivity index (χ3v) is 4.60. The minimum atomic E-state index is -0.0979. The topological polar surface area (TPSA) is 81.8 Å². The predicted molar refractivity (Wildman–Crippen MR) is 103 cm³/mol. The van der Waals surface area contributed by atoms with Gasteiger partial charge in [-0.1, -0.05) is 48.0 Å². The minimum Gasteiger partial charge on any atom is -0.368 e. The average molecular weight is 363 g/mol. The first-order valence-corrected chi connectivity index (χ1v) is 8.59. The molecule has 26 heavy (non-hydrogen) atoms. The highest BCUT2D eigenvalue weighted by Crippen LogP contribution is 2.25. The van der Waals surface area contributed by atoms with Crippen LogP contribution in [0.25, 0.3) is 21.8 Å². The Labute approximate surface area is 154 Å². The van der Waals surface area contributed by atoms with Crippen molar-refractivity contribution in [3.63, 3.8) is 0 Å². The summed E-state index contributed by atoms with van der Waals surface area (Å²) < 4.78 is 0. The number of hydrogen-bond acceptors (Lipinski definition) is 5. The predicted octanol–water partition coefficient (Wildman–Crippen LogP) is 4.23. The fourth-order valence-corrected chi connectivity index (χ4v) is 3.30. The number of halogens is 1. The van der Waals surface area contributed by atoms with Crippen LogP contribution in [0.15, 0.2) is 54.7 Å². The van der Waals surface area contributed by atoms with Gasteiger partial charge in [0.05, 0.1) is 16.1 Å². The number of para-hydroxylation sites is 2. The maximum atomic E-state index is 12.8. The zero-order valence-corrected chi connectivity index (χ0v) is 14.6. The molecule has 0 aliphatic carbocycles. The van der Waals surface area contributed by atoms with Gasteiger partial charge >= 0.3 is 0 Å². The highest BCUT2D eigenvalue weighted by atomic mass is 35.5. The molecule has 0 unspecified atom stereocenters. The Balaban J connectivity index is 1.67. The summed E-state index contributed by atoms with van der Waals surface area (Å²) in [5, 5.41) is 2.12. The molecule has 0 fully saturated rings.